The second-order valence-electron chi connectivity index (χ2n) is 5.75. The number of sulfonamides is 1. The van der Waals surface area contributed by atoms with E-state index in [0.29, 0.717) is 0 Å². The van der Waals surface area contributed by atoms with Crippen molar-refractivity contribution in [2.75, 3.05) is 0 Å². The molecule has 126 valence electrons. The summed E-state index contributed by atoms with van der Waals surface area (Å²) >= 11 is 0. The molecule has 0 atom stereocenters. The van der Waals surface area contributed by atoms with Crippen molar-refractivity contribution in [3.63, 3.8) is 0 Å². The van der Waals surface area contributed by atoms with Crippen LogP contribution in [0.25, 0.3) is 0 Å². The van der Waals surface area contributed by atoms with Crippen LogP contribution >= 0.6 is 7.71 Å². The Morgan fingerprint density at radius 3 is 1.60 bits per heavy atom. The van der Waals surface area contributed by atoms with Gasteiger partial charge >= 0.3 is 10.0 Å². The molecule has 0 radical (unpaired) electrons. The van der Waals surface area contributed by atoms with Gasteiger partial charge in [-0.15, -0.1) is 0 Å². The highest BCUT2D eigenvalue weighted by Crippen LogP contribution is 2.31. The topological polar surface area (TPSA) is 46.5 Å². The first-order chi connectivity index (χ1) is 12.0. The van der Waals surface area contributed by atoms with Crippen LogP contribution in [0.1, 0.15) is 11.1 Å². The predicted molar refractivity (Wildman–Crippen MR) is 105 cm³/mol. The van der Waals surface area contributed by atoms with Crippen LogP contribution in [0.15, 0.2) is 87.9 Å². The zero-order valence-electron chi connectivity index (χ0n) is 14.1. The highest BCUT2D eigenvalue weighted by atomic mass is 32.2. The Morgan fingerprint density at radius 1 is 0.680 bits per heavy atom. The maximum absolute atomic E-state index is 12.9. The molecular weight excluding hydrogens is 349 g/mol. The van der Waals surface area contributed by atoms with E-state index >= 15 is 0 Å². The summed E-state index contributed by atoms with van der Waals surface area (Å²) in [5.74, 6) is 0. The van der Waals surface area contributed by atoms with Crippen LogP contribution in [0.5, 0.6) is 0 Å². The van der Waals surface area contributed by atoms with Crippen molar-refractivity contribution in [1.29, 1.82) is 0 Å². The normalized spacial score (nSPS) is 11.1. The van der Waals surface area contributed by atoms with Gasteiger partial charge in [-0.05, 0) is 38.1 Å². The fraction of sp³-hybridized carbons (Fsp3) is 0.100. The maximum atomic E-state index is 12.9. The molecule has 3 aromatic carbocycles. The molecule has 0 spiro atoms. The average Bonchev–Trinajstić information content (AvgIpc) is 2.62. The lowest BCUT2D eigenvalue weighted by Gasteiger charge is -2.02. The van der Waals surface area contributed by atoms with Crippen LogP contribution < -0.4 is 10.6 Å². The molecule has 0 saturated heterocycles. The summed E-state index contributed by atoms with van der Waals surface area (Å²) < 4.78 is 30.1. The third-order valence-electron chi connectivity index (χ3n) is 3.92. The average molecular weight is 368 g/mol. The van der Waals surface area contributed by atoms with Crippen molar-refractivity contribution in [2.24, 2.45) is 4.15 Å². The Morgan fingerprint density at radius 2 is 1.12 bits per heavy atom. The molecule has 0 aliphatic heterocycles. The quantitative estimate of drug-likeness (QED) is 0.644. The predicted octanol–water partition coefficient (Wildman–Crippen LogP) is 4.31. The van der Waals surface area contributed by atoms with Crippen molar-refractivity contribution in [3.8, 4) is 0 Å². The molecule has 0 bridgehead atoms. The number of benzene rings is 3. The van der Waals surface area contributed by atoms with E-state index in [1.54, 1.807) is 30.3 Å². The third kappa shape index (κ3) is 3.87. The standard InChI is InChI=1S/C20H19NO2PS/c1-16-10-6-8-14-19(16)24(20-15-9-7-11-17(20)2)21-25(22,23)18-12-4-3-5-13-18/h3-15H,1-2H3/q+1. The second-order valence-corrected chi connectivity index (χ2v) is 9.42. The summed E-state index contributed by atoms with van der Waals surface area (Å²) in [5, 5.41) is 1.93. The van der Waals surface area contributed by atoms with E-state index in [4.69, 9.17) is 0 Å². The number of hydrogen-bond donors (Lipinski definition) is 0. The van der Waals surface area contributed by atoms with Crippen molar-refractivity contribution >= 4 is 28.3 Å². The van der Waals surface area contributed by atoms with Crippen LogP contribution in [0, 0.1) is 13.8 Å². The molecule has 0 aliphatic rings. The van der Waals surface area contributed by atoms with E-state index in [0.717, 1.165) is 21.7 Å². The Hall–Kier alpha value is -2.29. The Bertz CT molecular complexity index is 981. The molecule has 25 heavy (non-hydrogen) atoms. The highest BCUT2D eigenvalue weighted by Gasteiger charge is 2.29. The largest absolute Gasteiger partial charge is 0.317 e. The monoisotopic (exact) mass is 368 g/mol. The molecule has 0 heterocycles. The first-order valence-corrected chi connectivity index (χ1v) is 10.7. The van der Waals surface area contributed by atoms with E-state index in [1.807, 2.05) is 62.4 Å². The van der Waals surface area contributed by atoms with Gasteiger partial charge in [0.05, 0.1) is 4.90 Å². The van der Waals surface area contributed by atoms with Crippen LogP contribution in [-0.2, 0) is 10.0 Å². The number of hydrogen-bond acceptors (Lipinski definition) is 2. The molecular formula is C20H19NO2PS+. The van der Waals surface area contributed by atoms with Gasteiger partial charge in [-0.2, -0.15) is 8.42 Å². The second kappa shape index (κ2) is 7.30. The maximum Gasteiger partial charge on any atom is 0.317 e. The van der Waals surface area contributed by atoms with Crippen LogP contribution in [0.4, 0.5) is 0 Å². The molecule has 3 nitrogen and oxygen atoms in total. The minimum absolute atomic E-state index is 0.227. The van der Waals surface area contributed by atoms with Gasteiger partial charge < -0.3 is 0 Å². The first kappa shape index (κ1) is 17.5. The lowest BCUT2D eigenvalue weighted by atomic mass is 10.2. The Balaban J connectivity index is 2.26. The highest BCUT2D eigenvalue weighted by molar-refractivity contribution is 7.94. The van der Waals surface area contributed by atoms with Gasteiger partial charge in [0, 0.05) is 15.3 Å². The van der Waals surface area contributed by atoms with Crippen molar-refractivity contribution in [2.45, 2.75) is 18.7 Å². The number of nitrogens with zero attached hydrogens (tertiary/aromatic N) is 1. The van der Waals surface area contributed by atoms with E-state index in [9.17, 15) is 8.42 Å². The summed E-state index contributed by atoms with van der Waals surface area (Å²) in [4.78, 5) is 0.227. The van der Waals surface area contributed by atoms with Gasteiger partial charge in [0.2, 0.25) is 0 Å². The molecule has 3 rings (SSSR count). The zero-order chi connectivity index (χ0) is 17.9. The molecule has 0 unspecified atom stereocenters. The third-order valence-corrected chi connectivity index (χ3v) is 8.21. The fourth-order valence-electron chi connectivity index (χ4n) is 2.57. The van der Waals surface area contributed by atoms with Gasteiger partial charge in [-0.25, -0.2) is 0 Å². The van der Waals surface area contributed by atoms with Crippen LogP contribution in [-0.4, -0.2) is 8.42 Å². The SMILES string of the molecule is Cc1ccccc1[P+](=NS(=O)(=O)c1ccccc1)c1ccccc1C. The van der Waals surface area contributed by atoms with E-state index in [2.05, 4.69) is 4.15 Å². The number of rotatable bonds is 4. The first-order valence-electron chi connectivity index (χ1n) is 7.93. The zero-order valence-corrected chi connectivity index (χ0v) is 15.8. The molecule has 0 fully saturated rings. The Labute approximate surface area is 149 Å². The van der Waals surface area contributed by atoms with Gasteiger partial charge in [0.1, 0.15) is 0 Å². The van der Waals surface area contributed by atoms with Gasteiger partial charge in [-0.3, -0.25) is 0 Å². The minimum Gasteiger partial charge on any atom is -0.196 e. The summed E-state index contributed by atoms with van der Waals surface area (Å²) in [5.41, 5.74) is 2.09. The smallest absolute Gasteiger partial charge is 0.196 e. The molecule has 3 aromatic rings. The van der Waals surface area contributed by atoms with Gasteiger partial charge in [-0.1, -0.05) is 54.6 Å². The summed E-state index contributed by atoms with van der Waals surface area (Å²) in [6, 6.07) is 24.1. The van der Waals surface area contributed by atoms with E-state index in [1.165, 1.54) is 0 Å². The fourth-order valence-corrected chi connectivity index (χ4v) is 6.54. The van der Waals surface area contributed by atoms with E-state index in [-0.39, 0.29) is 4.90 Å². The summed E-state index contributed by atoms with van der Waals surface area (Å²) in [7, 11) is -5.10. The lowest BCUT2D eigenvalue weighted by molar-refractivity contribution is 0.598. The van der Waals surface area contributed by atoms with E-state index < -0.39 is 17.7 Å². The molecule has 0 aliphatic carbocycles. The van der Waals surface area contributed by atoms with Gasteiger partial charge in [0.15, 0.2) is 10.6 Å². The molecule has 0 amide bonds. The van der Waals surface area contributed by atoms with Crippen molar-refractivity contribution in [3.05, 3.63) is 90.0 Å². The van der Waals surface area contributed by atoms with Crippen molar-refractivity contribution < 1.29 is 8.42 Å². The molecule has 5 heteroatoms. The van der Waals surface area contributed by atoms with Crippen molar-refractivity contribution in [1.82, 2.24) is 0 Å². The lowest BCUT2D eigenvalue weighted by Crippen LogP contribution is -2.13. The number of aryl methyl sites for hydroxylation is 2. The molecule has 0 saturated carbocycles. The summed E-state index contributed by atoms with van der Waals surface area (Å²) in [6.07, 6.45) is 0. The van der Waals surface area contributed by atoms with Crippen LogP contribution in [0.2, 0.25) is 0 Å². The van der Waals surface area contributed by atoms with Crippen LogP contribution in [0.3, 0.4) is 0 Å². The molecule has 0 N–H and O–H groups in total. The van der Waals surface area contributed by atoms with Gasteiger partial charge in [0.25, 0.3) is 7.71 Å². The Kier molecular flexibility index (Phi) is 5.12. The molecule has 0 aromatic heterocycles. The summed E-state index contributed by atoms with van der Waals surface area (Å²) in [6.45, 7) is 3.99. The minimum atomic E-state index is -3.74.